The molecule has 2 fully saturated rings. The third-order valence-corrected chi connectivity index (χ3v) is 3.40. The molecule has 3 heteroatoms. The van der Waals surface area contributed by atoms with Crippen molar-refractivity contribution in [3.05, 3.63) is 116 Å². The van der Waals surface area contributed by atoms with E-state index in [4.69, 9.17) is 4.42 Å². The minimum absolute atomic E-state index is 0. The number of hydrogen-bond donors (Lipinski definition) is 0. The van der Waals surface area contributed by atoms with Crippen LogP contribution in [0.3, 0.4) is 0 Å². The fraction of sp³-hybridized carbons (Fsp3) is 0. The molecule has 0 atom stereocenters. The van der Waals surface area contributed by atoms with E-state index in [0.29, 0.717) is 11.0 Å². The molecule has 2 aliphatic rings. The van der Waals surface area contributed by atoms with Crippen LogP contribution in [0.25, 0.3) is 17.0 Å². The molecule has 0 aliphatic heterocycles. The summed E-state index contributed by atoms with van der Waals surface area (Å²) in [5, 5.41) is 0.613. The van der Waals surface area contributed by atoms with E-state index in [9.17, 15) is 4.79 Å². The van der Waals surface area contributed by atoms with Gasteiger partial charge in [-0.1, -0.05) is 18.2 Å². The summed E-state index contributed by atoms with van der Waals surface area (Å²) in [6, 6.07) is 7.04. The SMILES string of the molecule is O=c1ccoc2ccc(/C=C/[C]3[CH][CH][CH][CH]3)cc12.[CH]1[CH][CH][CH][CH]1.[Fe+2]. The van der Waals surface area contributed by atoms with E-state index in [-0.39, 0.29) is 22.5 Å². The van der Waals surface area contributed by atoms with Crippen LogP contribution in [0.1, 0.15) is 5.56 Å². The van der Waals surface area contributed by atoms with Gasteiger partial charge in [0.1, 0.15) is 5.58 Å². The minimum atomic E-state index is -0.0141. The molecule has 0 spiro atoms. The normalized spacial score (nSPS) is 17.7. The van der Waals surface area contributed by atoms with Gasteiger partial charge in [-0.25, -0.2) is 0 Å². The molecule has 1 heterocycles. The summed E-state index contributed by atoms with van der Waals surface area (Å²) in [5.41, 5.74) is 1.59. The zero-order chi connectivity index (χ0) is 15.9. The second kappa shape index (κ2) is 9.86. The predicted molar refractivity (Wildman–Crippen MR) is 93.5 cm³/mol. The fourth-order valence-corrected chi connectivity index (χ4v) is 2.22. The molecule has 0 N–H and O–H groups in total. The Bertz CT molecular complexity index is 699. The molecule has 2 saturated carbocycles. The van der Waals surface area contributed by atoms with E-state index in [1.807, 2.05) is 88.1 Å². The third kappa shape index (κ3) is 5.36. The van der Waals surface area contributed by atoms with Gasteiger partial charge in [-0.2, -0.15) is 0 Å². The molecule has 2 aliphatic carbocycles. The van der Waals surface area contributed by atoms with Crippen LogP contribution >= 0.6 is 0 Å². The van der Waals surface area contributed by atoms with Crippen LogP contribution in [0.2, 0.25) is 0 Å². The van der Waals surface area contributed by atoms with Crippen molar-refractivity contribution >= 4 is 17.0 Å². The Kier molecular flexibility index (Phi) is 7.81. The molecule has 24 heavy (non-hydrogen) atoms. The second-order valence-electron chi connectivity index (χ2n) is 5.05. The smallest absolute Gasteiger partial charge is 0.464 e. The average molecular weight is 356 g/mol. The Morgan fingerprint density at radius 1 is 0.792 bits per heavy atom. The van der Waals surface area contributed by atoms with Gasteiger partial charge in [0.15, 0.2) is 5.43 Å². The Labute approximate surface area is 154 Å². The molecule has 0 saturated heterocycles. The summed E-state index contributed by atoms with van der Waals surface area (Å²) >= 11 is 0. The maximum atomic E-state index is 11.7. The number of allylic oxidation sites excluding steroid dienone is 1. The van der Waals surface area contributed by atoms with Crippen LogP contribution in [0, 0.1) is 63.7 Å². The van der Waals surface area contributed by atoms with Gasteiger partial charge in [0, 0.05) is 12.0 Å². The van der Waals surface area contributed by atoms with Crippen LogP contribution in [0.5, 0.6) is 0 Å². The van der Waals surface area contributed by atoms with Crippen LogP contribution in [0.4, 0.5) is 0 Å². The number of rotatable bonds is 2. The van der Waals surface area contributed by atoms with Crippen molar-refractivity contribution in [2.45, 2.75) is 0 Å². The number of hydrogen-bond acceptors (Lipinski definition) is 2. The summed E-state index contributed by atoms with van der Waals surface area (Å²) in [5.74, 6) is 1.15. The van der Waals surface area contributed by atoms with E-state index in [1.54, 1.807) is 0 Å². The summed E-state index contributed by atoms with van der Waals surface area (Å²) < 4.78 is 5.27. The number of fused-ring (bicyclic) bond motifs is 1. The van der Waals surface area contributed by atoms with Crippen molar-refractivity contribution in [1.29, 1.82) is 0 Å². The second-order valence-corrected chi connectivity index (χ2v) is 5.05. The van der Waals surface area contributed by atoms with Crippen LogP contribution in [0.15, 0.2) is 45.8 Å². The Hall–Kier alpha value is -1.31. The van der Waals surface area contributed by atoms with Gasteiger partial charge in [-0.3, -0.25) is 4.79 Å². The first-order chi connectivity index (χ1) is 11.3. The van der Waals surface area contributed by atoms with Gasteiger partial charge in [-0.05, 0) is 75.5 Å². The quantitative estimate of drug-likeness (QED) is 0.754. The van der Waals surface area contributed by atoms with Crippen LogP contribution in [-0.4, -0.2) is 0 Å². The molecule has 2 aromatic rings. The molecule has 0 bridgehead atoms. The third-order valence-electron chi connectivity index (χ3n) is 3.40. The predicted octanol–water partition coefficient (Wildman–Crippen LogP) is 4.23. The van der Waals surface area contributed by atoms with Gasteiger partial charge in [0.25, 0.3) is 0 Å². The van der Waals surface area contributed by atoms with Crippen molar-refractivity contribution in [2.75, 3.05) is 0 Å². The zero-order valence-corrected chi connectivity index (χ0v) is 14.0. The van der Waals surface area contributed by atoms with Crippen molar-refractivity contribution in [3.8, 4) is 0 Å². The van der Waals surface area contributed by atoms with Crippen LogP contribution in [-0.2, 0) is 17.1 Å². The Balaban J connectivity index is 0.000000300. The van der Waals surface area contributed by atoms with Gasteiger partial charge >= 0.3 is 17.1 Å². The van der Waals surface area contributed by atoms with Crippen molar-refractivity contribution in [1.82, 2.24) is 0 Å². The molecule has 10 radical (unpaired) electrons. The van der Waals surface area contributed by atoms with Crippen LogP contribution < -0.4 is 5.43 Å². The maximum absolute atomic E-state index is 11.7. The maximum Gasteiger partial charge on any atom is 2.00 e. The summed E-state index contributed by atoms with van der Waals surface area (Å²) in [6.07, 6.45) is 23.5. The first-order valence-electron chi connectivity index (χ1n) is 7.41. The Morgan fingerprint density at radius 2 is 1.46 bits per heavy atom. The molecule has 1 aromatic heterocycles. The number of benzene rings is 1. The molecule has 1 aromatic carbocycles. The van der Waals surface area contributed by atoms with E-state index in [2.05, 4.69) is 0 Å². The van der Waals surface area contributed by atoms with Gasteiger partial charge in [0.2, 0.25) is 0 Å². The van der Waals surface area contributed by atoms with Crippen molar-refractivity contribution in [2.24, 2.45) is 0 Å². The summed E-state index contributed by atoms with van der Waals surface area (Å²) in [7, 11) is 0. The van der Waals surface area contributed by atoms with Gasteiger partial charge < -0.3 is 4.42 Å². The molecular formula is C21H16FeO2+2. The van der Waals surface area contributed by atoms with Crippen molar-refractivity contribution in [3.63, 3.8) is 0 Å². The molecular weight excluding hydrogens is 340 g/mol. The molecule has 2 nitrogen and oxygen atoms in total. The van der Waals surface area contributed by atoms with E-state index >= 15 is 0 Å². The summed E-state index contributed by atoms with van der Waals surface area (Å²) in [4.78, 5) is 11.7. The van der Waals surface area contributed by atoms with Gasteiger partial charge in [-0.15, -0.1) is 0 Å². The monoisotopic (exact) mass is 356 g/mol. The van der Waals surface area contributed by atoms with E-state index < -0.39 is 0 Å². The fourth-order valence-electron chi connectivity index (χ4n) is 2.22. The zero-order valence-electron chi connectivity index (χ0n) is 12.9. The summed E-state index contributed by atoms with van der Waals surface area (Å²) in [6.45, 7) is 0. The topological polar surface area (TPSA) is 30.2 Å². The average Bonchev–Trinajstić information content (AvgIpc) is 3.30. The first kappa shape index (κ1) is 19.0. The molecule has 0 amide bonds. The first-order valence-corrected chi connectivity index (χ1v) is 7.41. The largest absolute Gasteiger partial charge is 2.00 e. The minimum Gasteiger partial charge on any atom is -0.464 e. The standard InChI is InChI=1S/C16H11O2.C5H5.Fe/c17-15-9-10-18-16-8-7-13(11-14(15)16)6-5-12-3-1-2-4-12;1-2-4-5-3-1;/h1-11H;1-5H;/q;;+2/b6-5+;;. The van der Waals surface area contributed by atoms with E-state index in [1.165, 1.54) is 12.3 Å². The molecule has 0 unspecified atom stereocenters. The van der Waals surface area contributed by atoms with Gasteiger partial charge in [0.05, 0.1) is 11.6 Å². The van der Waals surface area contributed by atoms with E-state index in [0.717, 1.165) is 11.5 Å². The molecule has 4 rings (SSSR count). The van der Waals surface area contributed by atoms with Crippen molar-refractivity contribution < 1.29 is 21.5 Å². The Morgan fingerprint density at radius 3 is 2.12 bits per heavy atom. The molecule has 118 valence electrons.